The molecule has 0 aliphatic rings. The lowest BCUT2D eigenvalue weighted by atomic mass is 10.3. The van der Waals surface area contributed by atoms with Crippen molar-refractivity contribution in [3.63, 3.8) is 0 Å². The fraction of sp³-hybridized carbons (Fsp3) is 0. The molecule has 2 aromatic heterocycles. The van der Waals surface area contributed by atoms with Crippen LogP contribution in [0.5, 0.6) is 0 Å². The molecular formula is C12H9N3O4. The molecule has 0 aromatic carbocycles. The molecule has 0 aliphatic heterocycles. The molecule has 7 heteroatoms. The standard InChI is InChI=1S/C12H9N3O4/c16-10-3-1-2-8(15-10)11(17)14-7-4-5-13-9(6-7)12(18)19/h1-6H,(H,15,16)(H,18,19)(H,13,14,17). The van der Waals surface area contributed by atoms with Crippen molar-refractivity contribution in [3.8, 4) is 0 Å². The maximum Gasteiger partial charge on any atom is 0.354 e. The van der Waals surface area contributed by atoms with Crippen LogP contribution in [0.1, 0.15) is 21.0 Å². The zero-order valence-corrected chi connectivity index (χ0v) is 9.58. The predicted molar refractivity (Wildman–Crippen MR) is 66.2 cm³/mol. The van der Waals surface area contributed by atoms with E-state index in [2.05, 4.69) is 15.3 Å². The molecule has 0 saturated heterocycles. The van der Waals surface area contributed by atoms with Gasteiger partial charge in [0.25, 0.3) is 5.91 Å². The third-order valence-electron chi connectivity index (χ3n) is 2.25. The molecule has 0 unspecified atom stereocenters. The van der Waals surface area contributed by atoms with Gasteiger partial charge in [0.2, 0.25) is 5.56 Å². The molecule has 19 heavy (non-hydrogen) atoms. The molecule has 96 valence electrons. The number of carboxylic acids is 1. The summed E-state index contributed by atoms with van der Waals surface area (Å²) in [7, 11) is 0. The average Bonchev–Trinajstić information content (AvgIpc) is 2.39. The minimum atomic E-state index is -1.19. The van der Waals surface area contributed by atoms with Crippen LogP contribution in [0.2, 0.25) is 0 Å². The summed E-state index contributed by atoms with van der Waals surface area (Å²) < 4.78 is 0. The molecular weight excluding hydrogens is 250 g/mol. The number of aromatic nitrogens is 2. The van der Waals surface area contributed by atoms with E-state index in [0.717, 1.165) is 0 Å². The van der Waals surface area contributed by atoms with Crippen molar-refractivity contribution in [2.24, 2.45) is 0 Å². The van der Waals surface area contributed by atoms with E-state index in [1.54, 1.807) is 0 Å². The third-order valence-corrected chi connectivity index (χ3v) is 2.25. The van der Waals surface area contributed by atoms with Crippen LogP contribution in [0.25, 0.3) is 0 Å². The molecule has 2 aromatic rings. The van der Waals surface area contributed by atoms with Gasteiger partial charge in [0.05, 0.1) is 0 Å². The number of anilines is 1. The number of carbonyl (C=O) groups is 2. The Hall–Kier alpha value is -2.96. The van der Waals surface area contributed by atoms with Crippen molar-refractivity contribution in [2.75, 3.05) is 5.32 Å². The minimum absolute atomic E-state index is 0.0844. The van der Waals surface area contributed by atoms with Gasteiger partial charge in [-0.15, -0.1) is 0 Å². The lowest BCUT2D eigenvalue weighted by Gasteiger charge is -2.05. The second-order valence-electron chi connectivity index (χ2n) is 3.62. The molecule has 7 nitrogen and oxygen atoms in total. The smallest absolute Gasteiger partial charge is 0.354 e. The second kappa shape index (κ2) is 5.13. The summed E-state index contributed by atoms with van der Waals surface area (Å²) in [5, 5.41) is 11.2. The lowest BCUT2D eigenvalue weighted by molar-refractivity contribution is 0.0690. The highest BCUT2D eigenvalue weighted by atomic mass is 16.4. The first-order valence-corrected chi connectivity index (χ1v) is 5.26. The number of hydrogen-bond acceptors (Lipinski definition) is 4. The molecule has 2 rings (SSSR count). The molecule has 3 N–H and O–H groups in total. The molecule has 0 bridgehead atoms. The number of pyridine rings is 2. The Morgan fingerprint density at radius 1 is 1.26 bits per heavy atom. The van der Waals surface area contributed by atoms with E-state index in [-0.39, 0.29) is 17.1 Å². The molecule has 0 spiro atoms. The molecule has 0 radical (unpaired) electrons. The Kier molecular flexibility index (Phi) is 3.37. The first kappa shape index (κ1) is 12.5. The van der Waals surface area contributed by atoms with E-state index in [0.29, 0.717) is 0 Å². The number of aromatic carboxylic acids is 1. The van der Waals surface area contributed by atoms with Gasteiger partial charge in [0.15, 0.2) is 0 Å². The van der Waals surface area contributed by atoms with Crippen LogP contribution in [0.15, 0.2) is 41.3 Å². The van der Waals surface area contributed by atoms with Crippen molar-refractivity contribution in [1.82, 2.24) is 9.97 Å². The molecule has 2 heterocycles. The zero-order valence-electron chi connectivity index (χ0n) is 9.58. The van der Waals surface area contributed by atoms with Gasteiger partial charge in [0, 0.05) is 18.0 Å². The van der Waals surface area contributed by atoms with Gasteiger partial charge in [-0.1, -0.05) is 6.07 Å². The van der Waals surface area contributed by atoms with Gasteiger partial charge in [-0.05, 0) is 18.2 Å². The highest BCUT2D eigenvalue weighted by Gasteiger charge is 2.09. The van der Waals surface area contributed by atoms with Crippen molar-refractivity contribution >= 4 is 17.6 Å². The number of nitrogens with one attached hydrogen (secondary N) is 2. The number of nitrogens with zero attached hydrogens (tertiary/aromatic N) is 1. The molecule has 1 amide bonds. The first-order valence-electron chi connectivity index (χ1n) is 5.26. The van der Waals surface area contributed by atoms with E-state index < -0.39 is 17.4 Å². The van der Waals surface area contributed by atoms with Gasteiger partial charge < -0.3 is 15.4 Å². The van der Waals surface area contributed by atoms with Crippen LogP contribution in [0, 0.1) is 0 Å². The van der Waals surface area contributed by atoms with Crippen LogP contribution in [-0.2, 0) is 0 Å². The topological polar surface area (TPSA) is 112 Å². The lowest BCUT2D eigenvalue weighted by Crippen LogP contribution is -2.18. The van der Waals surface area contributed by atoms with Crippen molar-refractivity contribution in [1.29, 1.82) is 0 Å². The highest BCUT2D eigenvalue weighted by molar-refractivity contribution is 6.03. The van der Waals surface area contributed by atoms with Crippen LogP contribution in [-0.4, -0.2) is 27.0 Å². The van der Waals surface area contributed by atoms with E-state index in [4.69, 9.17) is 5.11 Å². The van der Waals surface area contributed by atoms with Gasteiger partial charge in [-0.25, -0.2) is 9.78 Å². The Morgan fingerprint density at radius 2 is 2.05 bits per heavy atom. The zero-order chi connectivity index (χ0) is 13.8. The summed E-state index contributed by atoms with van der Waals surface area (Å²) in [5.41, 5.74) is -0.212. The number of H-pyrrole nitrogens is 1. The minimum Gasteiger partial charge on any atom is -0.477 e. The van der Waals surface area contributed by atoms with Crippen molar-refractivity contribution in [2.45, 2.75) is 0 Å². The summed E-state index contributed by atoms with van der Waals surface area (Å²) in [6.07, 6.45) is 1.27. The van der Waals surface area contributed by atoms with E-state index in [9.17, 15) is 14.4 Å². The number of aromatic amines is 1. The Bertz CT molecular complexity index is 693. The number of carbonyl (C=O) groups excluding carboxylic acids is 1. The van der Waals surface area contributed by atoms with Gasteiger partial charge in [-0.3, -0.25) is 9.59 Å². The molecule has 0 atom stereocenters. The fourth-order valence-corrected chi connectivity index (χ4v) is 1.40. The number of hydrogen-bond donors (Lipinski definition) is 3. The van der Waals surface area contributed by atoms with Crippen molar-refractivity contribution < 1.29 is 14.7 Å². The SMILES string of the molecule is O=C(O)c1cc(NC(=O)c2cccc(=O)[nH]2)ccn1. The van der Waals surface area contributed by atoms with Gasteiger partial charge in [-0.2, -0.15) is 0 Å². The quantitative estimate of drug-likeness (QED) is 0.751. The van der Waals surface area contributed by atoms with Crippen LogP contribution in [0.4, 0.5) is 5.69 Å². The fourth-order valence-electron chi connectivity index (χ4n) is 1.40. The maximum absolute atomic E-state index is 11.8. The average molecular weight is 259 g/mol. The van der Waals surface area contributed by atoms with Crippen LogP contribution >= 0.6 is 0 Å². The molecule has 0 aliphatic carbocycles. The number of rotatable bonds is 3. The monoisotopic (exact) mass is 259 g/mol. The Balaban J connectivity index is 2.22. The third kappa shape index (κ3) is 3.03. The summed E-state index contributed by atoms with van der Waals surface area (Å²) in [6.45, 7) is 0. The molecule has 0 fully saturated rings. The maximum atomic E-state index is 11.8. The van der Waals surface area contributed by atoms with E-state index >= 15 is 0 Å². The van der Waals surface area contributed by atoms with Gasteiger partial charge >= 0.3 is 5.97 Å². The number of carboxylic acid groups (broad SMARTS) is 1. The van der Waals surface area contributed by atoms with Crippen LogP contribution in [0.3, 0.4) is 0 Å². The van der Waals surface area contributed by atoms with Crippen molar-refractivity contribution in [3.05, 3.63) is 58.3 Å². The predicted octanol–water partition coefficient (Wildman–Crippen LogP) is 0.720. The largest absolute Gasteiger partial charge is 0.477 e. The first-order chi connectivity index (χ1) is 9.06. The Morgan fingerprint density at radius 3 is 2.74 bits per heavy atom. The Labute approximate surface area is 106 Å². The normalized spacial score (nSPS) is 9.89. The van der Waals surface area contributed by atoms with E-state index in [1.807, 2.05) is 0 Å². The summed E-state index contributed by atoms with van der Waals surface area (Å²) in [4.78, 5) is 39.6. The van der Waals surface area contributed by atoms with Gasteiger partial charge in [0.1, 0.15) is 11.4 Å². The van der Waals surface area contributed by atoms with E-state index in [1.165, 1.54) is 36.5 Å². The summed E-state index contributed by atoms with van der Waals surface area (Å²) in [6, 6.07) is 6.84. The highest BCUT2D eigenvalue weighted by Crippen LogP contribution is 2.09. The van der Waals surface area contributed by atoms with Crippen LogP contribution < -0.4 is 10.9 Å². The second-order valence-corrected chi connectivity index (χ2v) is 3.62. The molecule has 0 saturated carbocycles. The summed E-state index contributed by atoms with van der Waals surface area (Å²) in [5.74, 6) is -1.73. The summed E-state index contributed by atoms with van der Waals surface area (Å²) >= 11 is 0. The number of amides is 1.